The van der Waals surface area contributed by atoms with Crippen molar-refractivity contribution in [1.82, 2.24) is 5.32 Å². The number of hydrogen-bond acceptors (Lipinski definition) is 3. The maximum absolute atomic E-state index is 12.2. The summed E-state index contributed by atoms with van der Waals surface area (Å²) in [6.07, 6.45) is 1.91. The van der Waals surface area contributed by atoms with Crippen LogP contribution in [0.5, 0.6) is 0 Å². The van der Waals surface area contributed by atoms with E-state index in [1.165, 1.54) is 11.3 Å². The highest BCUT2D eigenvalue weighted by atomic mass is 35.5. The minimum Gasteiger partial charge on any atom is -0.347 e. The predicted octanol–water partition coefficient (Wildman–Crippen LogP) is 3.68. The van der Waals surface area contributed by atoms with E-state index in [0.29, 0.717) is 22.1 Å². The fourth-order valence-electron chi connectivity index (χ4n) is 2.04. The zero-order valence-electron chi connectivity index (χ0n) is 11.8. The molecular weight excluding hydrogens is 320 g/mol. The summed E-state index contributed by atoms with van der Waals surface area (Å²) in [6.45, 7) is 0.439. The third kappa shape index (κ3) is 3.87. The first-order valence-electron chi connectivity index (χ1n) is 7.05. The number of carbonyl (C=O) groups is 2. The van der Waals surface area contributed by atoms with Crippen LogP contribution >= 0.6 is 22.9 Å². The average Bonchev–Trinajstić information content (AvgIpc) is 3.28. The number of carbonyl (C=O) groups excluding carboxylic acids is 2. The zero-order valence-corrected chi connectivity index (χ0v) is 13.3. The van der Waals surface area contributed by atoms with Gasteiger partial charge < -0.3 is 10.6 Å². The number of anilines is 1. The summed E-state index contributed by atoms with van der Waals surface area (Å²) < 4.78 is 0.703. The van der Waals surface area contributed by atoms with Crippen molar-refractivity contribution in [3.8, 4) is 0 Å². The fourth-order valence-corrected chi connectivity index (χ4v) is 3.07. The van der Waals surface area contributed by atoms with Gasteiger partial charge in [0.25, 0.3) is 5.91 Å². The van der Waals surface area contributed by atoms with Crippen molar-refractivity contribution < 1.29 is 9.59 Å². The van der Waals surface area contributed by atoms with Crippen LogP contribution in [-0.4, -0.2) is 11.8 Å². The molecule has 1 aromatic heterocycles. The van der Waals surface area contributed by atoms with E-state index < -0.39 is 0 Å². The molecule has 4 nitrogen and oxygen atoms in total. The van der Waals surface area contributed by atoms with Crippen LogP contribution in [0.25, 0.3) is 0 Å². The Kier molecular flexibility index (Phi) is 4.45. The fraction of sp³-hybridized carbons (Fsp3) is 0.250. The molecule has 22 heavy (non-hydrogen) atoms. The van der Waals surface area contributed by atoms with E-state index in [9.17, 15) is 9.59 Å². The van der Waals surface area contributed by atoms with Crippen molar-refractivity contribution in [3.05, 3.63) is 51.2 Å². The SMILES string of the molecule is O=C(NCc1ccc(Cl)s1)c1cccc(NC(=O)C2CC2)c1. The van der Waals surface area contributed by atoms with Crippen LogP contribution in [0.1, 0.15) is 28.1 Å². The van der Waals surface area contributed by atoms with E-state index in [0.717, 1.165) is 17.7 Å². The Labute approximate surface area is 137 Å². The first-order valence-corrected chi connectivity index (χ1v) is 8.24. The highest BCUT2D eigenvalue weighted by Crippen LogP contribution is 2.30. The molecule has 1 aromatic carbocycles. The van der Waals surface area contributed by atoms with Gasteiger partial charge in [0.2, 0.25) is 5.91 Å². The van der Waals surface area contributed by atoms with Gasteiger partial charge >= 0.3 is 0 Å². The number of hydrogen-bond donors (Lipinski definition) is 2. The Bertz CT molecular complexity index is 710. The van der Waals surface area contributed by atoms with Crippen LogP contribution < -0.4 is 10.6 Å². The summed E-state index contributed by atoms with van der Waals surface area (Å²) in [5.74, 6) is -0.00103. The Morgan fingerprint density at radius 2 is 2.05 bits per heavy atom. The summed E-state index contributed by atoms with van der Waals surface area (Å²) >= 11 is 7.30. The van der Waals surface area contributed by atoms with Gasteiger partial charge in [-0.25, -0.2) is 0 Å². The smallest absolute Gasteiger partial charge is 0.251 e. The van der Waals surface area contributed by atoms with Crippen molar-refractivity contribution in [2.75, 3.05) is 5.32 Å². The van der Waals surface area contributed by atoms with Gasteiger partial charge in [-0.05, 0) is 43.2 Å². The second-order valence-electron chi connectivity index (χ2n) is 5.23. The quantitative estimate of drug-likeness (QED) is 0.876. The molecular formula is C16H15ClN2O2S. The van der Waals surface area contributed by atoms with E-state index in [1.54, 1.807) is 24.3 Å². The predicted molar refractivity (Wildman–Crippen MR) is 88.3 cm³/mol. The van der Waals surface area contributed by atoms with Gasteiger partial charge in [-0.2, -0.15) is 0 Å². The summed E-state index contributed by atoms with van der Waals surface area (Å²) in [5.41, 5.74) is 1.18. The van der Waals surface area contributed by atoms with Gasteiger partial charge in [0.15, 0.2) is 0 Å². The maximum Gasteiger partial charge on any atom is 0.251 e. The number of rotatable bonds is 5. The number of halogens is 1. The molecule has 0 radical (unpaired) electrons. The Morgan fingerprint density at radius 3 is 2.73 bits per heavy atom. The molecule has 2 amide bonds. The van der Waals surface area contributed by atoms with Crippen molar-refractivity contribution in [2.24, 2.45) is 5.92 Å². The van der Waals surface area contributed by atoms with Crippen LogP contribution in [0.3, 0.4) is 0 Å². The van der Waals surface area contributed by atoms with Crippen molar-refractivity contribution >= 4 is 40.4 Å². The lowest BCUT2D eigenvalue weighted by atomic mass is 10.2. The molecule has 0 spiro atoms. The molecule has 0 saturated heterocycles. The molecule has 2 N–H and O–H groups in total. The molecule has 0 bridgehead atoms. The van der Waals surface area contributed by atoms with Gasteiger partial charge in [-0.3, -0.25) is 9.59 Å². The molecule has 1 aliphatic rings. The van der Waals surface area contributed by atoms with Crippen LogP contribution in [0.2, 0.25) is 4.34 Å². The summed E-state index contributed by atoms with van der Waals surface area (Å²) in [6, 6.07) is 10.7. The first kappa shape index (κ1) is 15.1. The van der Waals surface area contributed by atoms with Gasteiger partial charge in [0.1, 0.15) is 0 Å². The molecule has 3 rings (SSSR count). The maximum atomic E-state index is 12.2. The number of nitrogens with one attached hydrogen (secondary N) is 2. The largest absolute Gasteiger partial charge is 0.347 e. The second-order valence-corrected chi connectivity index (χ2v) is 7.03. The van der Waals surface area contributed by atoms with Gasteiger partial charge in [0, 0.05) is 22.0 Å². The monoisotopic (exact) mass is 334 g/mol. The summed E-state index contributed by atoms with van der Waals surface area (Å²) in [7, 11) is 0. The van der Waals surface area contributed by atoms with Gasteiger partial charge in [-0.1, -0.05) is 17.7 Å². The molecule has 0 aliphatic heterocycles. The normalized spacial score (nSPS) is 13.7. The van der Waals surface area contributed by atoms with Gasteiger partial charge in [0.05, 0.1) is 10.9 Å². The Balaban J connectivity index is 1.60. The summed E-state index contributed by atoms with van der Waals surface area (Å²) in [5, 5.41) is 5.69. The summed E-state index contributed by atoms with van der Waals surface area (Å²) in [4.78, 5) is 24.9. The minimum absolute atomic E-state index is 0.0331. The number of thiophene rings is 1. The molecule has 1 aliphatic carbocycles. The standard InChI is InChI=1S/C16H15ClN2O2S/c17-14-7-6-13(22-14)9-18-15(20)11-2-1-3-12(8-11)19-16(21)10-4-5-10/h1-3,6-8,10H,4-5,9H2,(H,18,20)(H,19,21). The molecule has 1 saturated carbocycles. The van der Waals surface area contributed by atoms with E-state index in [4.69, 9.17) is 11.6 Å². The van der Waals surface area contributed by atoms with E-state index in [-0.39, 0.29) is 17.7 Å². The molecule has 114 valence electrons. The lowest BCUT2D eigenvalue weighted by Gasteiger charge is -2.07. The van der Waals surface area contributed by atoms with E-state index in [2.05, 4.69) is 10.6 Å². The molecule has 1 fully saturated rings. The topological polar surface area (TPSA) is 58.2 Å². The third-order valence-electron chi connectivity index (χ3n) is 3.39. The van der Waals surface area contributed by atoms with Crippen LogP contribution in [0.15, 0.2) is 36.4 Å². The zero-order chi connectivity index (χ0) is 15.5. The molecule has 6 heteroatoms. The molecule has 0 atom stereocenters. The Hall–Kier alpha value is -1.85. The van der Waals surface area contributed by atoms with Crippen LogP contribution in [-0.2, 0) is 11.3 Å². The van der Waals surface area contributed by atoms with Crippen LogP contribution in [0.4, 0.5) is 5.69 Å². The van der Waals surface area contributed by atoms with Gasteiger partial charge in [-0.15, -0.1) is 11.3 Å². The average molecular weight is 335 g/mol. The van der Waals surface area contributed by atoms with E-state index in [1.807, 2.05) is 12.1 Å². The molecule has 1 heterocycles. The first-order chi connectivity index (χ1) is 10.6. The lowest BCUT2D eigenvalue weighted by molar-refractivity contribution is -0.117. The molecule has 2 aromatic rings. The third-order valence-corrected chi connectivity index (χ3v) is 4.62. The van der Waals surface area contributed by atoms with Crippen molar-refractivity contribution in [3.63, 3.8) is 0 Å². The van der Waals surface area contributed by atoms with E-state index >= 15 is 0 Å². The molecule has 0 unspecified atom stereocenters. The number of amides is 2. The highest BCUT2D eigenvalue weighted by molar-refractivity contribution is 7.16. The minimum atomic E-state index is -0.174. The van der Waals surface area contributed by atoms with Crippen molar-refractivity contribution in [1.29, 1.82) is 0 Å². The number of benzene rings is 1. The Morgan fingerprint density at radius 1 is 1.23 bits per heavy atom. The highest BCUT2D eigenvalue weighted by Gasteiger charge is 2.29. The van der Waals surface area contributed by atoms with Crippen LogP contribution in [0, 0.1) is 5.92 Å². The second kappa shape index (κ2) is 6.50. The lowest BCUT2D eigenvalue weighted by Crippen LogP contribution is -2.22. The van der Waals surface area contributed by atoms with Crippen molar-refractivity contribution in [2.45, 2.75) is 19.4 Å².